The zero-order valence-corrected chi connectivity index (χ0v) is 15.0. The first-order valence-corrected chi connectivity index (χ1v) is 8.39. The minimum absolute atomic E-state index is 0.300. The van der Waals surface area contributed by atoms with Crippen molar-refractivity contribution in [2.75, 3.05) is 5.32 Å². The van der Waals surface area contributed by atoms with Gasteiger partial charge in [0.2, 0.25) is 0 Å². The summed E-state index contributed by atoms with van der Waals surface area (Å²) in [4.78, 5) is 12.0. The Morgan fingerprint density at radius 3 is 2.68 bits per heavy atom. The highest BCUT2D eigenvalue weighted by Crippen LogP contribution is 2.28. The van der Waals surface area contributed by atoms with Crippen LogP contribution in [0.2, 0.25) is 0 Å². The Hall–Kier alpha value is -2.67. The normalized spacial score (nSPS) is 10.5. The van der Waals surface area contributed by atoms with Gasteiger partial charge in [0.25, 0.3) is 0 Å². The third kappa shape index (κ3) is 4.45. The number of carbonyl (C=O) groups is 1. The Balaban J connectivity index is 1.64. The third-order valence-corrected chi connectivity index (χ3v) is 4.12. The van der Waals surface area contributed by atoms with Crippen molar-refractivity contribution >= 4 is 27.6 Å². The predicted molar refractivity (Wildman–Crippen MR) is 98.6 cm³/mol. The lowest BCUT2D eigenvalue weighted by atomic mass is 10.1. The maximum atomic E-state index is 12.9. The number of halogens is 2. The second kappa shape index (κ2) is 7.48. The van der Waals surface area contributed by atoms with Crippen LogP contribution >= 0.6 is 15.9 Å². The molecule has 2 aromatic carbocycles. The number of aryl methyl sites for hydroxylation is 1. The van der Waals surface area contributed by atoms with Gasteiger partial charge in [0.1, 0.15) is 11.5 Å². The molecule has 5 nitrogen and oxygen atoms in total. The SMILES string of the molecule is Cn1cc(Br)c(-c2cccc(NC(=O)NCc3ccc(F)cc3)c2)n1. The molecule has 2 amide bonds. The molecule has 0 atom stereocenters. The monoisotopic (exact) mass is 402 g/mol. The highest BCUT2D eigenvalue weighted by Gasteiger charge is 2.09. The van der Waals surface area contributed by atoms with E-state index >= 15 is 0 Å². The number of carbonyl (C=O) groups excluding carboxylic acids is 1. The number of urea groups is 1. The van der Waals surface area contributed by atoms with Crippen molar-refractivity contribution in [3.05, 3.63) is 70.6 Å². The maximum absolute atomic E-state index is 12.9. The maximum Gasteiger partial charge on any atom is 0.319 e. The molecule has 0 fully saturated rings. The molecule has 0 saturated carbocycles. The minimum Gasteiger partial charge on any atom is -0.334 e. The van der Waals surface area contributed by atoms with E-state index in [1.807, 2.05) is 31.4 Å². The first-order valence-electron chi connectivity index (χ1n) is 7.60. The second-order valence-electron chi connectivity index (χ2n) is 5.51. The number of amides is 2. The molecule has 128 valence electrons. The molecule has 0 unspecified atom stereocenters. The van der Waals surface area contributed by atoms with Gasteiger partial charge in [-0.25, -0.2) is 9.18 Å². The Labute approximate surface area is 153 Å². The van der Waals surface area contributed by atoms with Gasteiger partial charge in [-0.15, -0.1) is 0 Å². The number of benzene rings is 2. The topological polar surface area (TPSA) is 59.0 Å². The fourth-order valence-electron chi connectivity index (χ4n) is 2.36. The molecular formula is C18H16BrFN4O. The molecule has 2 N–H and O–H groups in total. The van der Waals surface area contributed by atoms with Crippen LogP contribution < -0.4 is 10.6 Å². The molecule has 0 radical (unpaired) electrons. The Kier molecular flexibility index (Phi) is 5.14. The highest BCUT2D eigenvalue weighted by atomic mass is 79.9. The van der Waals surface area contributed by atoms with Gasteiger partial charge in [0.15, 0.2) is 0 Å². The molecule has 0 spiro atoms. The van der Waals surface area contributed by atoms with Crippen LogP contribution in [0.4, 0.5) is 14.9 Å². The van der Waals surface area contributed by atoms with Crippen molar-refractivity contribution < 1.29 is 9.18 Å². The molecule has 7 heteroatoms. The molecule has 3 rings (SSSR count). The summed E-state index contributed by atoms with van der Waals surface area (Å²) >= 11 is 3.48. The van der Waals surface area contributed by atoms with Crippen LogP contribution in [0.3, 0.4) is 0 Å². The van der Waals surface area contributed by atoms with Gasteiger partial charge in [-0.2, -0.15) is 5.10 Å². The predicted octanol–water partition coefficient (Wildman–Crippen LogP) is 4.31. The van der Waals surface area contributed by atoms with E-state index in [-0.39, 0.29) is 11.8 Å². The van der Waals surface area contributed by atoms with Gasteiger partial charge in [-0.3, -0.25) is 4.68 Å². The van der Waals surface area contributed by atoms with Crippen molar-refractivity contribution in [3.8, 4) is 11.3 Å². The van der Waals surface area contributed by atoms with Crippen LogP contribution in [-0.2, 0) is 13.6 Å². The summed E-state index contributed by atoms with van der Waals surface area (Å²) in [5.41, 5.74) is 3.18. The van der Waals surface area contributed by atoms with Gasteiger partial charge >= 0.3 is 6.03 Å². The van der Waals surface area contributed by atoms with Gasteiger partial charge < -0.3 is 10.6 Å². The van der Waals surface area contributed by atoms with Crippen LogP contribution in [0.1, 0.15) is 5.56 Å². The summed E-state index contributed by atoms with van der Waals surface area (Å²) in [6.45, 7) is 0.317. The molecule has 0 saturated heterocycles. The molecule has 25 heavy (non-hydrogen) atoms. The van der Waals surface area contributed by atoms with E-state index in [4.69, 9.17) is 0 Å². The van der Waals surface area contributed by atoms with Crippen molar-refractivity contribution in [2.24, 2.45) is 7.05 Å². The zero-order chi connectivity index (χ0) is 17.8. The lowest BCUT2D eigenvalue weighted by Crippen LogP contribution is -2.28. The number of anilines is 1. The standard InChI is InChI=1S/C18H16BrFN4O/c1-24-11-16(19)17(23-24)13-3-2-4-15(9-13)22-18(25)21-10-12-5-7-14(20)8-6-12/h2-9,11H,10H2,1H3,(H2,21,22,25). The Morgan fingerprint density at radius 1 is 1.24 bits per heavy atom. The van der Waals surface area contributed by atoms with Crippen LogP contribution in [0, 0.1) is 5.82 Å². The van der Waals surface area contributed by atoms with Crippen LogP contribution in [0.15, 0.2) is 59.2 Å². The average molecular weight is 403 g/mol. The second-order valence-corrected chi connectivity index (χ2v) is 6.37. The van der Waals surface area contributed by atoms with Crippen LogP contribution in [0.5, 0.6) is 0 Å². The summed E-state index contributed by atoms with van der Waals surface area (Å²) < 4.78 is 15.5. The molecule has 0 aliphatic heterocycles. The van der Waals surface area contributed by atoms with Gasteiger partial charge in [0, 0.05) is 31.0 Å². The largest absolute Gasteiger partial charge is 0.334 e. The van der Waals surface area contributed by atoms with E-state index in [0.717, 1.165) is 21.3 Å². The van der Waals surface area contributed by atoms with Crippen molar-refractivity contribution in [2.45, 2.75) is 6.54 Å². The number of rotatable bonds is 4. The quantitative estimate of drug-likeness (QED) is 0.682. The van der Waals surface area contributed by atoms with Crippen molar-refractivity contribution in [1.82, 2.24) is 15.1 Å². The van der Waals surface area contributed by atoms with Gasteiger partial charge in [0.05, 0.1) is 4.47 Å². The summed E-state index contributed by atoms with van der Waals surface area (Å²) in [5, 5.41) is 9.92. The fourth-order valence-corrected chi connectivity index (χ4v) is 2.96. The molecule has 0 aliphatic carbocycles. The lowest BCUT2D eigenvalue weighted by molar-refractivity contribution is 0.251. The zero-order valence-electron chi connectivity index (χ0n) is 13.5. The van der Waals surface area contributed by atoms with Gasteiger partial charge in [-0.05, 0) is 45.8 Å². The summed E-state index contributed by atoms with van der Waals surface area (Å²) in [6, 6.07) is 13.1. The number of nitrogens with zero attached hydrogens (tertiary/aromatic N) is 2. The summed E-state index contributed by atoms with van der Waals surface area (Å²) in [7, 11) is 1.85. The molecule has 0 aliphatic rings. The van der Waals surface area contributed by atoms with Crippen molar-refractivity contribution in [3.63, 3.8) is 0 Å². The average Bonchev–Trinajstić information content (AvgIpc) is 2.93. The number of nitrogens with one attached hydrogen (secondary N) is 2. The van der Waals surface area contributed by atoms with Crippen LogP contribution in [-0.4, -0.2) is 15.8 Å². The number of aromatic nitrogens is 2. The molecule has 0 bridgehead atoms. The third-order valence-electron chi connectivity index (χ3n) is 3.54. The Bertz CT molecular complexity index is 892. The van der Waals surface area contributed by atoms with Crippen LogP contribution in [0.25, 0.3) is 11.3 Å². The first kappa shape index (κ1) is 17.2. The number of hydrogen-bond acceptors (Lipinski definition) is 2. The molecular weight excluding hydrogens is 387 g/mol. The number of hydrogen-bond donors (Lipinski definition) is 2. The van der Waals surface area contributed by atoms with Gasteiger partial charge in [-0.1, -0.05) is 24.3 Å². The lowest BCUT2D eigenvalue weighted by Gasteiger charge is -2.09. The molecule has 1 aromatic heterocycles. The highest BCUT2D eigenvalue weighted by molar-refractivity contribution is 9.10. The smallest absolute Gasteiger partial charge is 0.319 e. The first-order chi connectivity index (χ1) is 12.0. The van der Waals surface area contributed by atoms with E-state index in [1.165, 1.54) is 12.1 Å². The summed E-state index contributed by atoms with van der Waals surface area (Å²) in [6.07, 6.45) is 1.87. The molecule has 1 heterocycles. The van der Waals surface area contributed by atoms with E-state index in [0.29, 0.717) is 12.2 Å². The fraction of sp³-hybridized carbons (Fsp3) is 0.111. The van der Waals surface area contributed by atoms with E-state index in [9.17, 15) is 9.18 Å². The van der Waals surface area contributed by atoms with Crippen molar-refractivity contribution in [1.29, 1.82) is 0 Å². The van der Waals surface area contributed by atoms with E-state index in [1.54, 1.807) is 22.9 Å². The van der Waals surface area contributed by atoms with E-state index < -0.39 is 0 Å². The molecule has 3 aromatic rings. The Morgan fingerprint density at radius 2 is 2.00 bits per heavy atom. The minimum atomic E-state index is -0.332. The summed E-state index contributed by atoms with van der Waals surface area (Å²) in [5.74, 6) is -0.300. The van der Waals surface area contributed by atoms with E-state index in [2.05, 4.69) is 31.7 Å².